The first-order valence-electron chi connectivity index (χ1n) is 11.4. The molecule has 0 aliphatic carbocycles. The monoisotopic (exact) mass is 430 g/mol. The number of hydrogen-bond acceptors (Lipinski definition) is 3. The van der Waals surface area contributed by atoms with Crippen LogP contribution in [0.15, 0.2) is 72.9 Å². The number of amides is 2. The maximum atomic E-state index is 13.1. The molecule has 1 heterocycles. The predicted molar refractivity (Wildman–Crippen MR) is 133 cm³/mol. The molecule has 0 saturated heterocycles. The Morgan fingerprint density at radius 2 is 1.62 bits per heavy atom. The number of carbonyl (C=O) groups is 1. The maximum absolute atomic E-state index is 13.1. The average Bonchev–Trinajstić information content (AvgIpc) is 2.81. The van der Waals surface area contributed by atoms with Gasteiger partial charge < -0.3 is 15.5 Å². The molecule has 2 aromatic carbocycles. The highest BCUT2D eigenvalue weighted by Gasteiger charge is 2.15. The van der Waals surface area contributed by atoms with Gasteiger partial charge in [-0.05, 0) is 56.0 Å². The summed E-state index contributed by atoms with van der Waals surface area (Å²) >= 11 is 0. The first-order valence-corrected chi connectivity index (χ1v) is 11.4. The van der Waals surface area contributed by atoms with Gasteiger partial charge in [0.15, 0.2) is 0 Å². The van der Waals surface area contributed by atoms with E-state index in [1.807, 2.05) is 54.3 Å². The van der Waals surface area contributed by atoms with Gasteiger partial charge in [0.1, 0.15) is 5.82 Å². The number of aromatic nitrogens is 1. The second-order valence-corrected chi connectivity index (χ2v) is 8.21. The molecule has 0 bridgehead atoms. The van der Waals surface area contributed by atoms with Gasteiger partial charge in [-0.1, -0.05) is 66.9 Å². The second kappa shape index (κ2) is 12.5. The summed E-state index contributed by atoms with van der Waals surface area (Å²) in [7, 11) is 0. The summed E-state index contributed by atoms with van der Waals surface area (Å²) in [5.74, 6) is 0.921. The normalized spacial score (nSPS) is 10.6. The molecule has 168 valence electrons. The Hall–Kier alpha value is -3.34. The van der Waals surface area contributed by atoms with Crippen molar-refractivity contribution in [3.05, 3.63) is 89.6 Å². The lowest BCUT2D eigenvalue weighted by atomic mass is 10.1. The molecule has 0 fully saturated rings. The molecule has 0 aliphatic heterocycles. The fourth-order valence-corrected chi connectivity index (χ4v) is 3.54. The van der Waals surface area contributed by atoms with E-state index in [2.05, 4.69) is 46.8 Å². The third-order valence-electron chi connectivity index (χ3n) is 5.49. The van der Waals surface area contributed by atoms with Gasteiger partial charge in [0.2, 0.25) is 0 Å². The largest absolute Gasteiger partial charge is 0.370 e. The van der Waals surface area contributed by atoms with Crippen LogP contribution in [0, 0.1) is 13.8 Å². The van der Waals surface area contributed by atoms with Gasteiger partial charge in [-0.15, -0.1) is 0 Å². The molecule has 1 aromatic heterocycles. The first-order chi connectivity index (χ1) is 15.6. The van der Waals surface area contributed by atoms with E-state index in [0.717, 1.165) is 61.4 Å². The minimum Gasteiger partial charge on any atom is -0.370 e. The molecular weight excluding hydrogens is 396 g/mol. The zero-order valence-electron chi connectivity index (χ0n) is 19.2. The van der Waals surface area contributed by atoms with Crippen LogP contribution in [0.25, 0.3) is 0 Å². The average molecular weight is 431 g/mol. The lowest BCUT2D eigenvalue weighted by Crippen LogP contribution is -2.35. The van der Waals surface area contributed by atoms with E-state index in [1.54, 1.807) is 6.20 Å². The van der Waals surface area contributed by atoms with Crippen LogP contribution in [0.4, 0.5) is 16.3 Å². The zero-order chi connectivity index (χ0) is 22.6. The molecule has 2 amide bonds. The molecule has 0 aliphatic rings. The molecule has 0 radical (unpaired) electrons. The van der Waals surface area contributed by atoms with Gasteiger partial charge in [0, 0.05) is 31.5 Å². The van der Waals surface area contributed by atoms with E-state index in [4.69, 9.17) is 0 Å². The summed E-state index contributed by atoms with van der Waals surface area (Å²) in [5.41, 5.74) is 4.31. The van der Waals surface area contributed by atoms with Crippen molar-refractivity contribution in [3.63, 3.8) is 0 Å². The van der Waals surface area contributed by atoms with Crippen molar-refractivity contribution in [2.24, 2.45) is 0 Å². The van der Waals surface area contributed by atoms with Crippen LogP contribution < -0.4 is 10.6 Å². The molecule has 0 spiro atoms. The standard InChI is InChI=1S/C27H34N4O/c1-22-14-16-24(17-15-22)21-31(27(32)30-25-12-6-5-11-23(25)2)20-10-4-3-8-18-28-26-13-7-9-19-29-26/h5-7,9,11-17,19H,3-4,8,10,18,20-21H2,1-2H3,(H,28,29)(H,30,32). The minimum atomic E-state index is -0.0447. The van der Waals surface area contributed by atoms with Gasteiger partial charge >= 0.3 is 6.03 Å². The molecule has 3 aromatic rings. The number of benzene rings is 2. The number of para-hydroxylation sites is 1. The number of hydrogen-bond donors (Lipinski definition) is 2. The summed E-state index contributed by atoms with van der Waals surface area (Å²) in [4.78, 5) is 19.3. The number of nitrogens with zero attached hydrogens (tertiary/aromatic N) is 2. The second-order valence-electron chi connectivity index (χ2n) is 8.21. The van der Waals surface area contributed by atoms with Crippen LogP contribution in [0.5, 0.6) is 0 Å². The van der Waals surface area contributed by atoms with E-state index in [9.17, 15) is 4.79 Å². The molecule has 0 saturated carbocycles. The fourth-order valence-electron chi connectivity index (χ4n) is 3.54. The molecule has 0 atom stereocenters. The van der Waals surface area contributed by atoms with E-state index >= 15 is 0 Å². The van der Waals surface area contributed by atoms with Crippen molar-refractivity contribution in [1.82, 2.24) is 9.88 Å². The van der Waals surface area contributed by atoms with Crippen LogP contribution in [-0.2, 0) is 6.54 Å². The van der Waals surface area contributed by atoms with Crippen molar-refractivity contribution in [3.8, 4) is 0 Å². The van der Waals surface area contributed by atoms with E-state index in [0.29, 0.717) is 6.54 Å². The Labute approximate surface area is 191 Å². The van der Waals surface area contributed by atoms with Crippen LogP contribution >= 0.6 is 0 Å². The molecule has 2 N–H and O–H groups in total. The number of aryl methyl sites for hydroxylation is 2. The quantitative estimate of drug-likeness (QED) is 0.346. The number of urea groups is 1. The Kier molecular flexibility index (Phi) is 9.11. The minimum absolute atomic E-state index is 0.0447. The maximum Gasteiger partial charge on any atom is 0.322 e. The number of unbranched alkanes of at least 4 members (excludes halogenated alkanes) is 3. The predicted octanol–water partition coefficient (Wildman–Crippen LogP) is 6.41. The van der Waals surface area contributed by atoms with E-state index in [1.165, 1.54) is 5.56 Å². The highest BCUT2D eigenvalue weighted by Crippen LogP contribution is 2.16. The molecule has 5 heteroatoms. The summed E-state index contributed by atoms with van der Waals surface area (Å²) in [6.45, 7) is 6.35. The number of nitrogens with one attached hydrogen (secondary N) is 2. The van der Waals surface area contributed by atoms with Gasteiger partial charge in [-0.3, -0.25) is 0 Å². The fraction of sp³-hybridized carbons (Fsp3) is 0.333. The lowest BCUT2D eigenvalue weighted by Gasteiger charge is -2.24. The van der Waals surface area contributed by atoms with Gasteiger partial charge in [-0.25, -0.2) is 9.78 Å². The smallest absolute Gasteiger partial charge is 0.322 e. The molecule has 5 nitrogen and oxygen atoms in total. The summed E-state index contributed by atoms with van der Waals surface area (Å²) in [5, 5.41) is 6.44. The number of rotatable bonds is 11. The topological polar surface area (TPSA) is 57.3 Å². The Morgan fingerprint density at radius 1 is 0.875 bits per heavy atom. The third kappa shape index (κ3) is 7.73. The SMILES string of the molecule is Cc1ccc(CN(CCCCCCNc2ccccn2)C(=O)Nc2ccccc2C)cc1. The van der Waals surface area contributed by atoms with E-state index in [-0.39, 0.29) is 6.03 Å². The van der Waals surface area contributed by atoms with Gasteiger partial charge in [0.05, 0.1) is 0 Å². The van der Waals surface area contributed by atoms with Crippen molar-refractivity contribution >= 4 is 17.5 Å². The first kappa shape index (κ1) is 23.3. The Morgan fingerprint density at radius 3 is 2.38 bits per heavy atom. The van der Waals surface area contributed by atoms with Gasteiger partial charge in [0.25, 0.3) is 0 Å². The molecule has 0 unspecified atom stereocenters. The van der Waals surface area contributed by atoms with Crippen LogP contribution in [-0.4, -0.2) is 29.0 Å². The highest BCUT2D eigenvalue weighted by atomic mass is 16.2. The lowest BCUT2D eigenvalue weighted by molar-refractivity contribution is 0.207. The molecular formula is C27H34N4O. The van der Waals surface area contributed by atoms with Crippen LogP contribution in [0.2, 0.25) is 0 Å². The third-order valence-corrected chi connectivity index (χ3v) is 5.49. The Balaban J connectivity index is 1.48. The van der Waals surface area contributed by atoms with Crippen molar-refractivity contribution in [2.45, 2.75) is 46.1 Å². The summed E-state index contributed by atoms with van der Waals surface area (Å²) in [6, 6.07) is 22.1. The van der Waals surface area contributed by atoms with Crippen molar-refractivity contribution < 1.29 is 4.79 Å². The number of carbonyl (C=O) groups excluding carboxylic acids is 1. The van der Waals surface area contributed by atoms with E-state index < -0.39 is 0 Å². The molecule has 3 rings (SSSR count). The molecule has 32 heavy (non-hydrogen) atoms. The Bertz CT molecular complexity index is 957. The summed E-state index contributed by atoms with van der Waals surface area (Å²) in [6.07, 6.45) is 6.08. The van der Waals surface area contributed by atoms with Crippen molar-refractivity contribution in [1.29, 1.82) is 0 Å². The zero-order valence-corrected chi connectivity index (χ0v) is 19.2. The van der Waals surface area contributed by atoms with Gasteiger partial charge in [-0.2, -0.15) is 0 Å². The van der Waals surface area contributed by atoms with Crippen molar-refractivity contribution in [2.75, 3.05) is 23.7 Å². The number of pyridine rings is 1. The van der Waals surface area contributed by atoms with Crippen LogP contribution in [0.1, 0.15) is 42.4 Å². The van der Waals surface area contributed by atoms with Crippen LogP contribution in [0.3, 0.4) is 0 Å². The summed E-state index contributed by atoms with van der Waals surface area (Å²) < 4.78 is 0. The number of anilines is 2. The highest BCUT2D eigenvalue weighted by molar-refractivity contribution is 5.90.